The summed E-state index contributed by atoms with van der Waals surface area (Å²) < 4.78 is 0. The van der Waals surface area contributed by atoms with Crippen LogP contribution in [-0.2, 0) is 9.59 Å². The second-order valence-corrected chi connectivity index (χ2v) is 5.21. The fourth-order valence-corrected chi connectivity index (χ4v) is 2.96. The van der Waals surface area contributed by atoms with Crippen LogP contribution in [0.4, 0.5) is 0 Å². The SMILES string of the molecule is O=C1CC(C[C@@H](O)[C@H]2CCC[C@@H]2O)CC(=O)N1. The van der Waals surface area contributed by atoms with Gasteiger partial charge in [-0.2, -0.15) is 0 Å². The van der Waals surface area contributed by atoms with Gasteiger partial charge in [0.05, 0.1) is 12.2 Å². The predicted octanol–water partition coefficient (Wildman–Crippen LogP) is -0.0488. The number of aliphatic hydroxyl groups excluding tert-OH is 2. The van der Waals surface area contributed by atoms with Gasteiger partial charge < -0.3 is 10.2 Å². The molecule has 96 valence electrons. The van der Waals surface area contributed by atoms with E-state index in [2.05, 4.69) is 5.32 Å². The smallest absolute Gasteiger partial charge is 0.226 e. The second-order valence-electron chi connectivity index (χ2n) is 5.21. The summed E-state index contributed by atoms with van der Waals surface area (Å²) in [5, 5.41) is 22.0. The first-order valence-corrected chi connectivity index (χ1v) is 6.25. The molecule has 1 aliphatic carbocycles. The van der Waals surface area contributed by atoms with Gasteiger partial charge in [-0.25, -0.2) is 0 Å². The van der Waals surface area contributed by atoms with E-state index in [9.17, 15) is 19.8 Å². The molecule has 17 heavy (non-hydrogen) atoms. The van der Waals surface area contributed by atoms with Gasteiger partial charge in [-0.15, -0.1) is 0 Å². The molecule has 0 aromatic rings. The highest BCUT2D eigenvalue weighted by Crippen LogP contribution is 2.32. The minimum Gasteiger partial charge on any atom is -0.393 e. The highest BCUT2D eigenvalue weighted by atomic mass is 16.3. The molecule has 3 atom stereocenters. The van der Waals surface area contributed by atoms with Gasteiger partial charge in [0.25, 0.3) is 0 Å². The molecule has 2 fully saturated rings. The van der Waals surface area contributed by atoms with Crippen molar-refractivity contribution in [2.45, 2.75) is 50.7 Å². The van der Waals surface area contributed by atoms with E-state index in [0.29, 0.717) is 19.3 Å². The summed E-state index contributed by atoms with van der Waals surface area (Å²) in [6.45, 7) is 0. The highest BCUT2D eigenvalue weighted by molar-refractivity contribution is 5.97. The number of carbonyl (C=O) groups is 2. The molecule has 2 aliphatic rings. The van der Waals surface area contributed by atoms with E-state index >= 15 is 0 Å². The third kappa shape index (κ3) is 3.04. The zero-order valence-electron chi connectivity index (χ0n) is 9.76. The fraction of sp³-hybridized carbons (Fsp3) is 0.833. The van der Waals surface area contributed by atoms with E-state index in [0.717, 1.165) is 19.3 Å². The van der Waals surface area contributed by atoms with Crippen LogP contribution in [0.2, 0.25) is 0 Å². The summed E-state index contributed by atoms with van der Waals surface area (Å²) in [5.41, 5.74) is 0. The Morgan fingerprint density at radius 3 is 2.41 bits per heavy atom. The molecule has 1 heterocycles. The average molecular weight is 241 g/mol. The predicted molar refractivity (Wildman–Crippen MR) is 59.8 cm³/mol. The third-order valence-electron chi connectivity index (χ3n) is 3.83. The van der Waals surface area contributed by atoms with Crippen molar-refractivity contribution in [3.63, 3.8) is 0 Å². The summed E-state index contributed by atoms with van der Waals surface area (Å²) in [7, 11) is 0. The van der Waals surface area contributed by atoms with Crippen LogP contribution in [-0.4, -0.2) is 34.2 Å². The van der Waals surface area contributed by atoms with Crippen LogP contribution in [0.1, 0.15) is 38.5 Å². The van der Waals surface area contributed by atoms with E-state index in [1.807, 2.05) is 0 Å². The summed E-state index contributed by atoms with van der Waals surface area (Å²) in [6.07, 6.45) is 2.50. The quantitative estimate of drug-likeness (QED) is 0.605. The first-order chi connectivity index (χ1) is 8.06. The molecule has 1 aliphatic heterocycles. The lowest BCUT2D eigenvalue weighted by Crippen LogP contribution is -2.40. The molecule has 0 aromatic carbocycles. The van der Waals surface area contributed by atoms with Crippen molar-refractivity contribution >= 4 is 11.8 Å². The van der Waals surface area contributed by atoms with Crippen LogP contribution < -0.4 is 5.32 Å². The van der Waals surface area contributed by atoms with Gasteiger partial charge in [0.15, 0.2) is 0 Å². The lowest BCUT2D eigenvalue weighted by molar-refractivity contribution is -0.135. The Bertz CT molecular complexity index is 302. The van der Waals surface area contributed by atoms with Crippen molar-refractivity contribution in [2.75, 3.05) is 0 Å². The summed E-state index contributed by atoms with van der Waals surface area (Å²) in [5.74, 6) is -0.690. The van der Waals surface area contributed by atoms with Crippen LogP contribution in [0.5, 0.6) is 0 Å². The Morgan fingerprint density at radius 2 is 1.88 bits per heavy atom. The second kappa shape index (κ2) is 5.14. The molecule has 0 bridgehead atoms. The fourth-order valence-electron chi connectivity index (χ4n) is 2.96. The minimum atomic E-state index is -0.601. The molecule has 1 saturated heterocycles. The molecule has 3 N–H and O–H groups in total. The molecule has 0 unspecified atom stereocenters. The van der Waals surface area contributed by atoms with Gasteiger partial charge in [0, 0.05) is 18.8 Å². The summed E-state index contributed by atoms with van der Waals surface area (Å²) in [4.78, 5) is 22.4. The Labute approximate surface area is 100 Å². The third-order valence-corrected chi connectivity index (χ3v) is 3.83. The van der Waals surface area contributed by atoms with Crippen molar-refractivity contribution in [3.8, 4) is 0 Å². The zero-order valence-corrected chi connectivity index (χ0v) is 9.76. The molecule has 2 rings (SSSR count). The summed E-state index contributed by atoms with van der Waals surface area (Å²) >= 11 is 0. The highest BCUT2D eigenvalue weighted by Gasteiger charge is 2.34. The zero-order chi connectivity index (χ0) is 12.4. The maximum atomic E-state index is 11.2. The van der Waals surface area contributed by atoms with Gasteiger partial charge in [0.2, 0.25) is 11.8 Å². The number of carbonyl (C=O) groups excluding carboxylic acids is 2. The number of hydrogen-bond acceptors (Lipinski definition) is 4. The van der Waals surface area contributed by atoms with Gasteiger partial charge in [-0.3, -0.25) is 14.9 Å². The van der Waals surface area contributed by atoms with Crippen molar-refractivity contribution in [3.05, 3.63) is 0 Å². The van der Waals surface area contributed by atoms with E-state index in [1.54, 1.807) is 0 Å². The van der Waals surface area contributed by atoms with Crippen LogP contribution >= 0.6 is 0 Å². The molecular formula is C12H19NO4. The first-order valence-electron chi connectivity index (χ1n) is 6.25. The normalized spacial score (nSPS) is 32.6. The standard InChI is InChI=1S/C12H19NO4/c14-9-3-1-2-8(9)10(15)4-7-5-11(16)13-12(17)6-7/h7-10,14-15H,1-6H2,(H,13,16,17)/t8-,9-,10+/m0/s1. The topological polar surface area (TPSA) is 86.6 Å². The number of amides is 2. The molecule has 1 saturated carbocycles. The van der Waals surface area contributed by atoms with Crippen LogP contribution in [0.25, 0.3) is 0 Å². The van der Waals surface area contributed by atoms with E-state index in [1.165, 1.54) is 0 Å². The molecule has 5 heteroatoms. The van der Waals surface area contributed by atoms with Crippen molar-refractivity contribution in [1.29, 1.82) is 0 Å². The molecule has 0 radical (unpaired) electrons. The number of piperidine rings is 1. The summed E-state index contributed by atoms with van der Waals surface area (Å²) in [6, 6.07) is 0. The monoisotopic (exact) mass is 241 g/mol. The van der Waals surface area contributed by atoms with Gasteiger partial charge in [-0.05, 0) is 25.2 Å². The van der Waals surface area contributed by atoms with Gasteiger partial charge in [-0.1, -0.05) is 6.42 Å². The van der Waals surface area contributed by atoms with Crippen LogP contribution in [0, 0.1) is 11.8 Å². The van der Waals surface area contributed by atoms with Crippen LogP contribution in [0.3, 0.4) is 0 Å². The largest absolute Gasteiger partial charge is 0.393 e. The minimum absolute atomic E-state index is 0.0842. The number of rotatable bonds is 3. The van der Waals surface area contributed by atoms with Crippen LogP contribution in [0.15, 0.2) is 0 Å². The molecule has 2 amide bonds. The maximum absolute atomic E-state index is 11.2. The number of hydrogen-bond donors (Lipinski definition) is 3. The van der Waals surface area contributed by atoms with Gasteiger partial charge in [0.1, 0.15) is 0 Å². The number of imide groups is 1. The number of nitrogens with one attached hydrogen (secondary N) is 1. The van der Waals surface area contributed by atoms with Gasteiger partial charge >= 0.3 is 0 Å². The Morgan fingerprint density at radius 1 is 1.24 bits per heavy atom. The number of aliphatic hydroxyl groups is 2. The Kier molecular flexibility index (Phi) is 3.79. The van der Waals surface area contributed by atoms with E-state index in [-0.39, 0.29) is 23.7 Å². The molecule has 0 spiro atoms. The van der Waals surface area contributed by atoms with Crippen molar-refractivity contribution in [2.24, 2.45) is 11.8 Å². The molecule has 0 aromatic heterocycles. The Balaban J connectivity index is 1.87. The lowest BCUT2D eigenvalue weighted by Gasteiger charge is -2.27. The maximum Gasteiger partial charge on any atom is 0.226 e. The Hall–Kier alpha value is -0.940. The molecular weight excluding hydrogens is 222 g/mol. The van der Waals surface area contributed by atoms with Crippen molar-refractivity contribution < 1.29 is 19.8 Å². The first kappa shape index (κ1) is 12.5. The van der Waals surface area contributed by atoms with Crippen molar-refractivity contribution in [1.82, 2.24) is 5.32 Å². The van der Waals surface area contributed by atoms with E-state index in [4.69, 9.17) is 0 Å². The average Bonchev–Trinajstić information content (AvgIpc) is 2.62. The van der Waals surface area contributed by atoms with E-state index < -0.39 is 12.2 Å². The lowest BCUT2D eigenvalue weighted by atomic mass is 9.85. The molecule has 5 nitrogen and oxygen atoms in total.